The zero-order valence-corrected chi connectivity index (χ0v) is 14.1. The number of carbonyl (C=O) groups excluding carboxylic acids is 1. The van der Waals surface area contributed by atoms with Gasteiger partial charge in [-0.3, -0.25) is 9.48 Å². The number of hydrogen-bond donors (Lipinski definition) is 1. The standard InChI is InChI=1S/C17H24N4O2/c1-4-23-9-5-8-18-17(22)13-10-14(12-6-7-12)19-16-15(13)11(2)20-21(16)3/h10,12H,4-9H2,1-3H3,(H,18,22). The molecule has 1 fully saturated rings. The number of amides is 1. The van der Waals surface area contributed by atoms with E-state index in [0.29, 0.717) is 31.2 Å². The molecule has 0 aromatic carbocycles. The molecule has 2 aromatic heterocycles. The molecule has 2 aromatic rings. The number of carbonyl (C=O) groups is 1. The Morgan fingerprint density at radius 1 is 1.48 bits per heavy atom. The predicted octanol–water partition coefficient (Wildman–Crippen LogP) is 2.31. The van der Waals surface area contributed by atoms with Gasteiger partial charge in [-0.2, -0.15) is 5.10 Å². The van der Waals surface area contributed by atoms with Gasteiger partial charge >= 0.3 is 0 Å². The maximum Gasteiger partial charge on any atom is 0.252 e. The fourth-order valence-electron chi connectivity index (χ4n) is 2.85. The average Bonchev–Trinajstić information content (AvgIpc) is 3.34. The molecule has 6 nitrogen and oxygen atoms in total. The van der Waals surface area contributed by atoms with Gasteiger partial charge in [-0.1, -0.05) is 0 Å². The van der Waals surface area contributed by atoms with E-state index in [1.807, 2.05) is 27.0 Å². The Morgan fingerprint density at radius 3 is 2.96 bits per heavy atom. The molecule has 1 amide bonds. The topological polar surface area (TPSA) is 69.0 Å². The number of fused-ring (bicyclic) bond motifs is 1. The highest BCUT2D eigenvalue weighted by atomic mass is 16.5. The maximum atomic E-state index is 12.6. The number of rotatable bonds is 7. The van der Waals surface area contributed by atoms with Crippen LogP contribution in [0.1, 0.15) is 53.8 Å². The van der Waals surface area contributed by atoms with Crippen LogP contribution in [0.3, 0.4) is 0 Å². The lowest BCUT2D eigenvalue weighted by Gasteiger charge is -2.09. The van der Waals surface area contributed by atoms with E-state index in [-0.39, 0.29) is 5.91 Å². The fraction of sp³-hybridized carbons (Fsp3) is 0.588. The molecule has 0 saturated heterocycles. The van der Waals surface area contributed by atoms with Gasteiger partial charge in [0.15, 0.2) is 5.65 Å². The van der Waals surface area contributed by atoms with Crippen LogP contribution < -0.4 is 5.32 Å². The predicted molar refractivity (Wildman–Crippen MR) is 88.7 cm³/mol. The second kappa shape index (κ2) is 6.66. The molecule has 1 aliphatic rings. The number of nitrogens with zero attached hydrogens (tertiary/aromatic N) is 3. The number of pyridine rings is 1. The van der Waals surface area contributed by atoms with Crippen molar-refractivity contribution in [1.82, 2.24) is 20.1 Å². The number of hydrogen-bond acceptors (Lipinski definition) is 4. The van der Waals surface area contributed by atoms with Gasteiger partial charge in [0.2, 0.25) is 0 Å². The van der Waals surface area contributed by atoms with Gasteiger partial charge in [-0.05, 0) is 39.2 Å². The van der Waals surface area contributed by atoms with Crippen LogP contribution in [-0.4, -0.2) is 40.4 Å². The minimum Gasteiger partial charge on any atom is -0.382 e. The summed E-state index contributed by atoms with van der Waals surface area (Å²) in [4.78, 5) is 17.4. The molecule has 1 saturated carbocycles. The highest BCUT2D eigenvalue weighted by Gasteiger charge is 2.28. The maximum absolute atomic E-state index is 12.6. The summed E-state index contributed by atoms with van der Waals surface area (Å²) >= 11 is 0. The lowest BCUT2D eigenvalue weighted by molar-refractivity contribution is 0.0945. The summed E-state index contributed by atoms with van der Waals surface area (Å²) in [6.45, 7) is 5.88. The van der Waals surface area contributed by atoms with E-state index >= 15 is 0 Å². The Bertz CT molecular complexity index is 719. The van der Waals surface area contributed by atoms with Gasteiger partial charge in [-0.15, -0.1) is 0 Å². The van der Waals surface area contributed by atoms with Crippen LogP contribution in [0.2, 0.25) is 0 Å². The van der Waals surface area contributed by atoms with Crippen molar-refractivity contribution >= 4 is 16.9 Å². The van der Waals surface area contributed by atoms with Crippen molar-refractivity contribution < 1.29 is 9.53 Å². The van der Waals surface area contributed by atoms with Crippen molar-refractivity contribution in [2.45, 2.75) is 39.0 Å². The molecular weight excluding hydrogens is 292 g/mol. The van der Waals surface area contributed by atoms with Gasteiger partial charge in [0.05, 0.1) is 16.6 Å². The minimum absolute atomic E-state index is 0.0492. The van der Waals surface area contributed by atoms with Crippen LogP contribution in [0.15, 0.2) is 6.07 Å². The third-order valence-electron chi connectivity index (χ3n) is 4.18. The quantitative estimate of drug-likeness (QED) is 0.796. The molecule has 124 valence electrons. The van der Waals surface area contributed by atoms with Crippen LogP contribution in [0.5, 0.6) is 0 Å². The largest absolute Gasteiger partial charge is 0.382 e. The summed E-state index contributed by atoms with van der Waals surface area (Å²) in [5.74, 6) is 0.450. The number of aromatic nitrogens is 3. The van der Waals surface area contributed by atoms with Crippen LogP contribution >= 0.6 is 0 Å². The first-order valence-electron chi connectivity index (χ1n) is 8.32. The molecule has 0 spiro atoms. The number of ether oxygens (including phenoxy) is 1. The molecule has 6 heteroatoms. The van der Waals surface area contributed by atoms with E-state index in [9.17, 15) is 4.79 Å². The summed E-state index contributed by atoms with van der Waals surface area (Å²) in [6, 6.07) is 1.95. The fourth-order valence-corrected chi connectivity index (χ4v) is 2.85. The molecule has 3 rings (SSSR count). The van der Waals surface area contributed by atoms with Gasteiger partial charge < -0.3 is 10.1 Å². The smallest absolute Gasteiger partial charge is 0.252 e. The summed E-state index contributed by atoms with van der Waals surface area (Å²) in [7, 11) is 1.88. The van der Waals surface area contributed by atoms with Crippen LogP contribution in [0.25, 0.3) is 11.0 Å². The van der Waals surface area contributed by atoms with Crippen molar-refractivity contribution in [2.24, 2.45) is 7.05 Å². The molecule has 2 heterocycles. The summed E-state index contributed by atoms with van der Waals surface area (Å²) < 4.78 is 7.06. The van der Waals surface area contributed by atoms with Gasteiger partial charge in [0.1, 0.15) is 0 Å². The first-order valence-corrected chi connectivity index (χ1v) is 8.32. The molecule has 23 heavy (non-hydrogen) atoms. The Hall–Kier alpha value is -1.95. The van der Waals surface area contributed by atoms with Crippen molar-refractivity contribution in [3.63, 3.8) is 0 Å². The number of aryl methyl sites for hydroxylation is 2. The Morgan fingerprint density at radius 2 is 2.26 bits per heavy atom. The highest BCUT2D eigenvalue weighted by Crippen LogP contribution is 2.40. The molecule has 0 bridgehead atoms. The van der Waals surface area contributed by atoms with Gasteiger partial charge in [0.25, 0.3) is 5.91 Å². The Labute approximate surface area is 136 Å². The number of nitrogens with one attached hydrogen (secondary N) is 1. The minimum atomic E-state index is -0.0492. The molecule has 0 aliphatic heterocycles. The zero-order chi connectivity index (χ0) is 16.4. The van der Waals surface area contributed by atoms with Crippen molar-refractivity contribution in [2.75, 3.05) is 19.8 Å². The molecule has 1 aliphatic carbocycles. The molecule has 0 atom stereocenters. The van der Waals surface area contributed by atoms with E-state index < -0.39 is 0 Å². The molecule has 1 N–H and O–H groups in total. The highest BCUT2D eigenvalue weighted by molar-refractivity contribution is 6.06. The zero-order valence-electron chi connectivity index (χ0n) is 14.1. The van der Waals surface area contributed by atoms with E-state index in [0.717, 1.165) is 41.7 Å². The van der Waals surface area contributed by atoms with Crippen molar-refractivity contribution in [3.05, 3.63) is 23.0 Å². The van der Waals surface area contributed by atoms with Crippen LogP contribution in [0.4, 0.5) is 0 Å². The normalized spacial score (nSPS) is 14.4. The first-order chi connectivity index (χ1) is 11.1. The summed E-state index contributed by atoms with van der Waals surface area (Å²) in [5.41, 5.74) is 3.35. The van der Waals surface area contributed by atoms with E-state index in [4.69, 9.17) is 9.72 Å². The first kappa shape index (κ1) is 15.9. The Kier molecular flexibility index (Phi) is 4.61. The molecule has 0 unspecified atom stereocenters. The monoisotopic (exact) mass is 316 g/mol. The molecular formula is C17H24N4O2. The molecule has 0 radical (unpaired) electrons. The second-order valence-electron chi connectivity index (χ2n) is 6.08. The lowest BCUT2D eigenvalue weighted by atomic mass is 10.1. The van der Waals surface area contributed by atoms with E-state index in [2.05, 4.69) is 10.4 Å². The third-order valence-corrected chi connectivity index (χ3v) is 4.18. The van der Waals surface area contributed by atoms with E-state index in [1.54, 1.807) is 4.68 Å². The van der Waals surface area contributed by atoms with Gasteiger partial charge in [0, 0.05) is 38.4 Å². The summed E-state index contributed by atoms with van der Waals surface area (Å²) in [5, 5.41) is 8.28. The SMILES string of the molecule is CCOCCCNC(=O)c1cc(C2CC2)nc2c1c(C)nn2C. The average molecular weight is 316 g/mol. The lowest BCUT2D eigenvalue weighted by Crippen LogP contribution is -2.26. The van der Waals surface area contributed by atoms with Crippen LogP contribution in [-0.2, 0) is 11.8 Å². The van der Waals surface area contributed by atoms with Crippen molar-refractivity contribution in [3.8, 4) is 0 Å². The third kappa shape index (κ3) is 3.37. The van der Waals surface area contributed by atoms with Crippen molar-refractivity contribution in [1.29, 1.82) is 0 Å². The summed E-state index contributed by atoms with van der Waals surface area (Å²) in [6.07, 6.45) is 3.13. The Balaban J connectivity index is 1.84. The second-order valence-corrected chi connectivity index (χ2v) is 6.08. The van der Waals surface area contributed by atoms with E-state index in [1.165, 1.54) is 0 Å². The van der Waals surface area contributed by atoms with Crippen LogP contribution in [0, 0.1) is 6.92 Å². The van der Waals surface area contributed by atoms with Gasteiger partial charge in [-0.25, -0.2) is 4.98 Å².